The lowest BCUT2D eigenvalue weighted by atomic mass is 10.2. The fraction of sp³-hybridized carbons (Fsp3) is 0.278. The van der Waals surface area contributed by atoms with E-state index in [9.17, 15) is 9.90 Å². The summed E-state index contributed by atoms with van der Waals surface area (Å²) < 4.78 is 5.62. The van der Waals surface area contributed by atoms with Crippen LogP contribution in [0.25, 0.3) is 0 Å². The second-order valence-corrected chi connectivity index (χ2v) is 5.29. The number of carbonyl (C=O) groups excluding carboxylic acids is 1. The zero-order chi connectivity index (χ0) is 16.8. The Hall–Kier alpha value is -2.69. The summed E-state index contributed by atoms with van der Waals surface area (Å²) in [5, 5.41) is 12.1. The first-order valence-electron chi connectivity index (χ1n) is 7.60. The van der Waals surface area contributed by atoms with Crippen LogP contribution in [0, 0.1) is 6.92 Å². The molecule has 2 rings (SSSR count). The molecule has 0 saturated heterocycles. The van der Waals surface area contributed by atoms with E-state index in [1.54, 1.807) is 24.0 Å². The average Bonchev–Trinajstić information content (AvgIpc) is 2.50. The van der Waals surface area contributed by atoms with Crippen molar-refractivity contribution in [2.24, 2.45) is 0 Å². The van der Waals surface area contributed by atoms with Crippen molar-refractivity contribution in [3.8, 4) is 11.5 Å². The topological polar surface area (TPSA) is 61.8 Å². The number of ether oxygens (including phenoxy) is 1. The minimum absolute atomic E-state index is 0.172. The van der Waals surface area contributed by atoms with E-state index in [-0.39, 0.29) is 11.8 Å². The third-order valence-corrected chi connectivity index (χ3v) is 3.35. The number of hydrogen-bond acceptors (Lipinski definition) is 3. The van der Waals surface area contributed by atoms with Gasteiger partial charge in [0.05, 0.1) is 0 Å². The number of phenolic OH excluding ortho intramolecular Hbond substituents is 1. The monoisotopic (exact) mass is 314 g/mol. The molecule has 2 aromatic carbocycles. The molecule has 0 aliphatic carbocycles. The van der Waals surface area contributed by atoms with Gasteiger partial charge in [-0.25, -0.2) is 4.79 Å². The van der Waals surface area contributed by atoms with Crippen molar-refractivity contribution < 1.29 is 14.6 Å². The van der Waals surface area contributed by atoms with E-state index in [0.29, 0.717) is 12.3 Å². The Bertz CT molecular complexity index is 656. The van der Waals surface area contributed by atoms with Gasteiger partial charge in [0.2, 0.25) is 0 Å². The van der Waals surface area contributed by atoms with Gasteiger partial charge in [-0.3, -0.25) is 4.90 Å². The minimum Gasteiger partial charge on any atom is -0.508 e. The van der Waals surface area contributed by atoms with Crippen molar-refractivity contribution >= 4 is 11.7 Å². The van der Waals surface area contributed by atoms with Gasteiger partial charge < -0.3 is 15.2 Å². The molecule has 0 spiro atoms. The van der Waals surface area contributed by atoms with Crippen LogP contribution in [0.3, 0.4) is 0 Å². The summed E-state index contributed by atoms with van der Waals surface area (Å²) in [7, 11) is 0. The number of amides is 2. The first-order valence-corrected chi connectivity index (χ1v) is 7.60. The summed E-state index contributed by atoms with van der Waals surface area (Å²) in [6.45, 7) is 6.23. The third-order valence-electron chi connectivity index (χ3n) is 3.35. The lowest BCUT2D eigenvalue weighted by Crippen LogP contribution is -2.46. The molecule has 23 heavy (non-hydrogen) atoms. The molecule has 0 radical (unpaired) electrons. The highest BCUT2D eigenvalue weighted by molar-refractivity contribution is 5.92. The Morgan fingerprint density at radius 1 is 1.26 bits per heavy atom. The first-order chi connectivity index (χ1) is 11.0. The number of carbonyl (C=O) groups is 1. The number of benzene rings is 2. The number of nitrogens with zero attached hydrogens (tertiary/aromatic N) is 1. The molecule has 1 atom stereocenters. The quantitative estimate of drug-likeness (QED) is 0.828. The van der Waals surface area contributed by atoms with Crippen LogP contribution in [0.4, 0.5) is 10.5 Å². The lowest BCUT2D eigenvalue weighted by molar-refractivity contribution is 0.180. The van der Waals surface area contributed by atoms with Crippen LogP contribution in [-0.2, 0) is 0 Å². The maximum Gasteiger partial charge on any atom is 0.324 e. The number of aromatic hydroxyl groups is 1. The molecule has 0 aliphatic rings. The van der Waals surface area contributed by atoms with Crippen LogP contribution in [0.2, 0.25) is 0 Å². The van der Waals surface area contributed by atoms with Crippen molar-refractivity contribution in [2.45, 2.75) is 27.0 Å². The largest absolute Gasteiger partial charge is 0.508 e. The lowest BCUT2D eigenvalue weighted by Gasteiger charge is -2.24. The summed E-state index contributed by atoms with van der Waals surface area (Å²) in [5.74, 6) is 0.750. The predicted octanol–water partition coefficient (Wildman–Crippen LogP) is 3.66. The summed E-state index contributed by atoms with van der Waals surface area (Å²) in [6.07, 6.45) is -0.495. The molecule has 122 valence electrons. The summed E-state index contributed by atoms with van der Waals surface area (Å²) in [5.41, 5.74) is 1.95. The van der Waals surface area contributed by atoms with E-state index in [0.717, 1.165) is 11.3 Å². The SMILES string of the molecule is CCN(C(=O)NC(C)Oc1ccc(O)cc1)c1cccc(C)c1. The standard InChI is InChI=1S/C18H22N2O3/c1-4-20(15-7-5-6-13(2)12-15)18(22)19-14(3)23-17-10-8-16(21)9-11-17/h5-12,14,21H,4H2,1-3H3,(H,19,22). The van der Waals surface area contributed by atoms with E-state index in [1.807, 2.05) is 38.1 Å². The molecule has 0 saturated carbocycles. The summed E-state index contributed by atoms with van der Waals surface area (Å²) in [6, 6.07) is 13.9. The summed E-state index contributed by atoms with van der Waals surface area (Å²) >= 11 is 0. The molecular weight excluding hydrogens is 292 g/mol. The van der Waals surface area contributed by atoms with E-state index >= 15 is 0 Å². The molecule has 5 heteroatoms. The van der Waals surface area contributed by atoms with Crippen molar-refractivity contribution in [2.75, 3.05) is 11.4 Å². The molecule has 5 nitrogen and oxygen atoms in total. The van der Waals surface area contributed by atoms with Crippen molar-refractivity contribution in [1.82, 2.24) is 5.32 Å². The van der Waals surface area contributed by atoms with Crippen LogP contribution in [0.1, 0.15) is 19.4 Å². The molecule has 0 bridgehead atoms. The molecule has 2 amide bonds. The van der Waals surface area contributed by atoms with Gasteiger partial charge in [-0.2, -0.15) is 0 Å². The van der Waals surface area contributed by atoms with Gasteiger partial charge in [-0.05, 0) is 62.7 Å². The number of anilines is 1. The van der Waals surface area contributed by atoms with Gasteiger partial charge in [0.25, 0.3) is 0 Å². The minimum atomic E-state index is -0.495. The van der Waals surface area contributed by atoms with Gasteiger partial charge in [0, 0.05) is 12.2 Å². The van der Waals surface area contributed by atoms with Gasteiger partial charge >= 0.3 is 6.03 Å². The molecular formula is C18H22N2O3. The summed E-state index contributed by atoms with van der Waals surface area (Å²) in [4.78, 5) is 14.1. The first kappa shape index (κ1) is 16.7. The van der Waals surface area contributed by atoms with Crippen molar-refractivity contribution in [1.29, 1.82) is 0 Å². The van der Waals surface area contributed by atoms with Crippen LogP contribution in [0.5, 0.6) is 11.5 Å². The maximum atomic E-state index is 12.4. The van der Waals surface area contributed by atoms with Gasteiger partial charge in [0.15, 0.2) is 6.23 Å². The molecule has 0 heterocycles. The fourth-order valence-electron chi connectivity index (χ4n) is 2.25. The second kappa shape index (κ2) is 7.54. The Balaban J connectivity index is 1.99. The predicted molar refractivity (Wildman–Crippen MR) is 90.9 cm³/mol. The number of hydrogen-bond donors (Lipinski definition) is 2. The van der Waals surface area contributed by atoms with Crippen LogP contribution >= 0.6 is 0 Å². The van der Waals surface area contributed by atoms with Gasteiger partial charge in [-0.1, -0.05) is 12.1 Å². The number of nitrogens with one attached hydrogen (secondary N) is 1. The Labute approximate surface area is 136 Å². The zero-order valence-electron chi connectivity index (χ0n) is 13.6. The van der Waals surface area contributed by atoms with E-state index in [4.69, 9.17) is 4.74 Å². The normalized spacial score (nSPS) is 11.6. The average molecular weight is 314 g/mol. The molecule has 2 N–H and O–H groups in total. The van der Waals surface area contributed by atoms with Gasteiger partial charge in [-0.15, -0.1) is 0 Å². The second-order valence-electron chi connectivity index (χ2n) is 5.29. The third kappa shape index (κ3) is 4.64. The maximum absolute atomic E-state index is 12.4. The molecule has 0 aromatic heterocycles. The van der Waals surface area contributed by atoms with E-state index < -0.39 is 6.23 Å². The van der Waals surface area contributed by atoms with E-state index in [1.165, 1.54) is 12.1 Å². The highest BCUT2D eigenvalue weighted by Gasteiger charge is 2.16. The Kier molecular flexibility index (Phi) is 5.46. The number of urea groups is 1. The van der Waals surface area contributed by atoms with Crippen LogP contribution < -0.4 is 15.0 Å². The van der Waals surface area contributed by atoms with Crippen molar-refractivity contribution in [3.63, 3.8) is 0 Å². The van der Waals surface area contributed by atoms with Crippen LogP contribution in [-0.4, -0.2) is 23.9 Å². The van der Waals surface area contributed by atoms with E-state index in [2.05, 4.69) is 5.32 Å². The van der Waals surface area contributed by atoms with Gasteiger partial charge in [0.1, 0.15) is 11.5 Å². The zero-order valence-corrected chi connectivity index (χ0v) is 13.6. The molecule has 2 aromatic rings. The highest BCUT2D eigenvalue weighted by atomic mass is 16.5. The number of rotatable bonds is 5. The highest BCUT2D eigenvalue weighted by Crippen LogP contribution is 2.18. The Morgan fingerprint density at radius 2 is 1.96 bits per heavy atom. The van der Waals surface area contributed by atoms with Crippen LogP contribution in [0.15, 0.2) is 48.5 Å². The number of aryl methyl sites for hydroxylation is 1. The van der Waals surface area contributed by atoms with Crippen molar-refractivity contribution in [3.05, 3.63) is 54.1 Å². The molecule has 0 aliphatic heterocycles. The molecule has 0 fully saturated rings. The number of phenols is 1. The molecule has 1 unspecified atom stereocenters. The Morgan fingerprint density at radius 3 is 2.57 bits per heavy atom. The fourth-order valence-corrected chi connectivity index (χ4v) is 2.25. The smallest absolute Gasteiger partial charge is 0.324 e.